The molecule has 7 nitrogen and oxygen atoms in total. The largest absolute Gasteiger partial charge is 0.449 e. The van der Waals surface area contributed by atoms with Crippen LogP contribution in [0.2, 0.25) is 5.02 Å². The first-order valence-electron chi connectivity index (χ1n) is 10.3. The summed E-state index contributed by atoms with van der Waals surface area (Å²) in [4.78, 5) is 32.6. The number of hydrogen-bond acceptors (Lipinski definition) is 5. The summed E-state index contributed by atoms with van der Waals surface area (Å²) >= 11 is 6.20. The third kappa shape index (κ3) is 5.98. The lowest BCUT2D eigenvalue weighted by Crippen LogP contribution is -2.38. The van der Waals surface area contributed by atoms with E-state index < -0.39 is 0 Å². The molecular formula is C22H28ClN3O4. The van der Waals surface area contributed by atoms with Crippen molar-refractivity contribution in [1.82, 2.24) is 14.8 Å². The Morgan fingerprint density at radius 3 is 2.67 bits per heavy atom. The summed E-state index contributed by atoms with van der Waals surface area (Å²) in [5.41, 5.74) is 0.779. The van der Waals surface area contributed by atoms with Crippen molar-refractivity contribution in [2.24, 2.45) is 5.92 Å². The molecule has 1 aromatic carbocycles. The van der Waals surface area contributed by atoms with Crippen LogP contribution in [0.15, 0.2) is 34.9 Å². The maximum absolute atomic E-state index is 12.6. The summed E-state index contributed by atoms with van der Waals surface area (Å²) < 4.78 is 11.1. The van der Waals surface area contributed by atoms with E-state index in [0.717, 1.165) is 12.0 Å². The topological polar surface area (TPSA) is 75.9 Å². The second kappa shape index (κ2) is 10.5. The number of hydrogen-bond donors (Lipinski definition) is 0. The Bertz CT molecular complexity index is 868. The number of carbonyl (C=O) groups excluding carboxylic acids is 2. The van der Waals surface area contributed by atoms with Crippen molar-refractivity contribution in [2.75, 3.05) is 32.8 Å². The highest BCUT2D eigenvalue weighted by Crippen LogP contribution is 2.28. The van der Waals surface area contributed by atoms with Crippen molar-refractivity contribution in [3.8, 4) is 11.3 Å². The highest BCUT2D eigenvalue weighted by molar-refractivity contribution is 6.33. The Kier molecular flexibility index (Phi) is 7.74. The van der Waals surface area contributed by atoms with E-state index in [1.165, 1.54) is 0 Å². The van der Waals surface area contributed by atoms with Gasteiger partial charge in [0, 0.05) is 44.6 Å². The molecule has 8 heteroatoms. The van der Waals surface area contributed by atoms with Crippen LogP contribution in [0, 0.1) is 5.92 Å². The molecule has 1 fully saturated rings. The second-order valence-corrected chi connectivity index (χ2v) is 8.20. The van der Waals surface area contributed by atoms with Crippen LogP contribution in [0.25, 0.3) is 11.3 Å². The maximum atomic E-state index is 12.6. The molecule has 2 heterocycles. The van der Waals surface area contributed by atoms with E-state index in [-0.39, 0.29) is 12.0 Å². The minimum Gasteiger partial charge on any atom is -0.449 e. The molecule has 162 valence electrons. The normalized spacial score (nSPS) is 14.7. The average Bonchev–Trinajstić information content (AvgIpc) is 3.05. The Morgan fingerprint density at radius 2 is 1.90 bits per heavy atom. The van der Waals surface area contributed by atoms with E-state index in [2.05, 4.69) is 4.98 Å². The Hall–Kier alpha value is -2.54. The van der Waals surface area contributed by atoms with Crippen molar-refractivity contribution in [2.45, 2.75) is 33.1 Å². The van der Waals surface area contributed by atoms with Crippen molar-refractivity contribution >= 4 is 23.6 Å². The summed E-state index contributed by atoms with van der Waals surface area (Å²) in [6.45, 7) is 6.63. The van der Waals surface area contributed by atoms with E-state index in [0.29, 0.717) is 68.2 Å². The van der Waals surface area contributed by atoms with Gasteiger partial charge >= 0.3 is 6.09 Å². The maximum Gasteiger partial charge on any atom is 0.409 e. The van der Waals surface area contributed by atoms with Crippen LogP contribution in [-0.2, 0) is 16.0 Å². The second-order valence-electron chi connectivity index (χ2n) is 7.79. The molecule has 3 rings (SSSR count). The fourth-order valence-electron chi connectivity index (χ4n) is 3.26. The summed E-state index contributed by atoms with van der Waals surface area (Å²) in [5.74, 6) is 1.43. The molecule has 0 unspecified atom stereocenters. The molecule has 1 aliphatic rings. The number of aryl methyl sites for hydroxylation is 1. The molecule has 2 amide bonds. The standard InChI is InChI=1S/C22H28ClN3O4/c1-16(2)15-29-22(28)26-11-5-10-25(12-13-26)21(27)9-8-20-24-14-19(30-20)17-6-3-4-7-18(17)23/h3-4,6-7,14,16H,5,8-13,15H2,1-2H3. The lowest BCUT2D eigenvalue weighted by molar-refractivity contribution is -0.131. The molecule has 1 saturated heterocycles. The summed E-state index contributed by atoms with van der Waals surface area (Å²) in [6, 6.07) is 7.40. The Labute approximate surface area is 182 Å². The fraction of sp³-hybridized carbons (Fsp3) is 0.500. The lowest BCUT2D eigenvalue weighted by atomic mass is 10.2. The third-order valence-corrected chi connectivity index (χ3v) is 5.22. The zero-order valence-electron chi connectivity index (χ0n) is 17.5. The van der Waals surface area contributed by atoms with Gasteiger partial charge in [-0.05, 0) is 24.5 Å². The van der Waals surface area contributed by atoms with E-state index in [1.807, 2.05) is 32.0 Å². The molecule has 0 saturated carbocycles. The molecule has 1 aliphatic heterocycles. The van der Waals surface area contributed by atoms with E-state index in [9.17, 15) is 9.59 Å². The van der Waals surface area contributed by atoms with Crippen LogP contribution in [0.4, 0.5) is 4.79 Å². The molecule has 0 aliphatic carbocycles. The van der Waals surface area contributed by atoms with Crippen molar-refractivity contribution < 1.29 is 18.7 Å². The first-order valence-corrected chi connectivity index (χ1v) is 10.7. The molecule has 2 aromatic rings. The van der Waals surface area contributed by atoms with Crippen molar-refractivity contribution in [3.05, 3.63) is 41.4 Å². The van der Waals surface area contributed by atoms with Crippen LogP contribution in [0.5, 0.6) is 0 Å². The first kappa shape index (κ1) is 22.2. The molecule has 0 radical (unpaired) electrons. The molecule has 0 spiro atoms. The van der Waals surface area contributed by atoms with E-state index in [1.54, 1.807) is 22.1 Å². The number of ether oxygens (including phenoxy) is 1. The van der Waals surface area contributed by atoms with Gasteiger partial charge in [-0.3, -0.25) is 4.79 Å². The van der Waals surface area contributed by atoms with Crippen LogP contribution in [0.3, 0.4) is 0 Å². The number of oxazole rings is 1. The van der Waals surface area contributed by atoms with Gasteiger partial charge in [0.15, 0.2) is 11.7 Å². The van der Waals surface area contributed by atoms with Gasteiger partial charge in [-0.15, -0.1) is 0 Å². The minimum absolute atomic E-state index is 0.0323. The Morgan fingerprint density at radius 1 is 1.17 bits per heavy atom. The van der Waals surface area contributed by atoms with Gasteiger partial charge in [-0.25, -0.2) is 9.78 Å². The van der Waals surface area contributed by atoms with Gasteiger partial charge in [0.05, 0.1) is 17.8 Å². The number of rotatable bonds is 6. The Balaban J connectivity index is 1.49. The predicted molar refractivity (Wildman–Crippen MR) is 114 cm³/mol. The summed E-state index contributed by atoms with van der Waals surface area (Å²) in [7, 11) is 0. The highest BCUT2D eigenvalue weighted by atomic mass is 35.5. The summed E-state index contributed by atoms with van der Waals surface area (Å²) in [6.07, 6.45) is 2.79. The zero-order chi connectivity index (χ0) is 21.5. The van der Waals surface area contributed by atoms with Crippen LogP contribution >= 0.6 is 11.6 Å². The van der Waals surface area contributed by atoms with Gasteiger partial charge in [-0.2, -0.15) is 0 Å². The summed E-state index contributed by atoms with van der Waals surface area (Å²) in [5, 5.41) is 0.595. The van der Waals surface area contributed by atoms with Gasteiger partial charge < -0.3 is 19.0 Å². The van der Waals surface area contributed by atoms with Crippen molar-refractivity contribution in [3.63, 3.8) is 0 Å². The molecule has 0 N–H and O–H groups in total. The van der Waals surface area contributed by atoms with Gasteiger partial charge in [0.1, 0.15) is 0 Å². The lowest BCUT2D eigenvalue weighted by Gasteiger charge is -2.22. The van der Waals surface area contributed by atoms with Crippen LogP contribution < -0.4 is 0 Å². The molecule has 1 aromatic heterocycles. The smallest absolute Gasteiger partial charge is 0.409 e. The van der Waals surface area contributed by atoms with Crippen LogP contribution in [0.1, 0.15) is 32.6 Å². The zero-order valence-corrected chi connectivity index (χ0v) is 18.2. The minimum atomic E-state index is -0.301. The monoisotopic (exact) mass is 433 g/mol. The van der Waals surface area contributed by atoms with Gasteiger partial charge in [-0.1, -0.05) is 37.6 Å². The highest BCUT2D eigenvalue weighted by Gasteiger charge is 2.23. The number of carbonyl (C=O) groups is 2. The average molecular weight is 434 g/mol. The SMILES string of the molecule is CC(C)COC(=O)N1CCCN(C(=O)CCc2ncc(-c3ccccc3Cl)o2)CC1. The molecule has 0 bridgehead atoms. The molecular weight excluding hydrogens is 406 g/mol. The first-order chi connectivity index (χ1) is 14.4. The predicted octanol–water partition coefficient (Wildman–Crippen LogP) is 4.25. The van der Waals surface area contributed by atoms with Crippen molar-refractivity contribution in [1.29, 1.82) is 0 Å². The number of benzene rings is 1. The molecule has 30 heavy (non-hydrogen) atoms. The van der Waals surface area contributed by atoms with Gasteiger partial charge in [0.25, 0.3) is 0 Å². The fourth-order valence-corrected chi connectivity index (χ4v) is 3.49. The third-order valence-electron chi connectivity index (χ3n) is 4.89. The number of nitrogens with zero attached hydrogens (tertiary/aromatic N) is 3. The number of amides is 2. The van der Waals surface area contributed by atoms with E-state index >= 15 is 0 Å². The van der Waals surface area contributed by atoms with Crippen LogP contribution in [-0.4, -0.2) is 59.6 Å². The number of halogens is 1. The molecule has 0 atom stereocenters. The van der Waals surface area contributed by atoms with Gasteiger partial charge in [0.2, 0.25) is 5.91 Å². The quantitative estimate of drug-likeness (QED) is 0.680. The van der Waals surface area contributed by atoms with E-state index in [4.69, 9.17) is 20.8 Å². The number of aromatic nitrogens is 1.